The number of rotatable bonds is 7. The van der Waals surface area contributed by atoms with Crippen molar-refractivity contribution in [2.24, 2.45) is 10.1 Å². The number of carbonyl (C=O) groups is 2. The molecule has 0 atom stereocenters. The van der Waals surface area contributed by atoms with Gasteiger partial charge in [-0.2, -0.15) is 9.72 Å². The highest BCUT2D eigenvalue weighted by Gasteiger charge is 2.22. The van der Waals surface area contributed by atoms with Crippen LogP contribution < -0.4 is 4.80 Å². The van der Waals surface area contributed by atoms with E-state index in [0.717, 1.165) is 11.3 Å². The monoisotopic (exact) mass is 349 g/mol. The molecule has 1 amide bonds. The lowest BCUT2D eigenvalue weighted by Gasteiger charge is -2.05. The Morgan fingerprint density at radius 1 is 1.45 bits per heavy atom. The molecular weight excluding hydrogens is 334 g/mol. The molecule has 8 nitrogen and oxygen atoms in total. The number of hydrogen-bond donors (Lipinski definition) is 1. The Labute approximate surface area is 135 Å². The first-order valence-electron chi connectivity index (χ1n) is 6.45. The quantitative estimate of drug-likeness (QED) is 0.199. The molecule has 0 aromatic carbocycles. The largest absolute Gasteiger partial charge is 0.461 e. The van der Waals surface area contributed by atoms with Crippen molar-refractivity contribution in [2.75, 3.05) is 19.1 Å². The molecular formula is C12H16ClN3O5S. The lowest BCUT2D eigenvalue weighted by atomic mass is 10.3. The Balaban J connectivity index is 3.20. The van der Waals surface area contributed by atoms with Gasteiger partial charge in [0.2, 0.25) is 10.5 Å². The molecule has 0 bridgehead atoms. The minimum Gasteiger partial charge on any atom is -0.461 e. The number of esters is 1. The van der Waals surface area contributed by atoms with Crippen LogP contribution in [0.2, 0.25) is 0 Å². The molecule has 0 aliphatic carbocycles. The van der Waals surface area contributed by atoms with Gasteiger partial charge in [0, 0.05) is 5.38 Å². The van der Waals surface area contributed by atoms with Crippen LogP contribution in [0.1, 0.15) is 26.0 Å². The van der Waals surface area contributed by atoms with Gasteiger partial charge in [-0.1, -0.05) is 12.1 Å². The maximum atomic E-state index is 11.9. The zero-order valence-corrected chi connectivity index (χ0v) is 13.7. The summed E-state index contributed by atoms with van der Waals surface area (Å²) in [6.45, 7) is 3.97. The summed E-state index contributed by atoms with van der Waals surface area (Å²) in [6, 6.07) is 0. The van der Waals surface area contributed by atoms with Gasteiger partial charge in [0.05, 0.1) is 6.61 Å². The zero-order chi connectivity index (χ0) is 16.5. The van der Waals surface area contributed by atoms with Gasteiger partial charge in [-0.25, -0.2) is 4.79 Å². The molecule has 1 N–H and O–H groups in total. The summed E-state index contributed by atoms with van der Waals surface area (Å²) < 4.78 is 5.44. The van der Waals surface area contributed by atoms with Crippen LogP contribution in [0.25, 0.3) is 0 Å². The van der Waals surface area contributed by atoms with E-state index < -0.39 is 11.9 Å². The van der Waals surface area contributed by atoms with Gasteiger partial charge >= 0.3 is 5.97 Å². The number of carbonyl (C=O) groups excluding carboxylic acids is 2. The lowest BCUT2D eigenvalue weighted by Crippen LogP contribution is -2.26. The van der Waals surface area contributed by atoms with Crippen molar-refractivity contribution in [1.82, 2.24) is 4.73 Å². The van der Waals surface area contributed by atoms with E-state index in [2.05, 4.69) is 10.1 Å². The Kier molecular flexibility index (Phi) is 7.61. The summed E-state index contributed by atoms with van der Waals surface area (Å²) in [6.07, 6.45) is 0.702. The molecule has 0 fully saturated rings. The highest BCUT2D eigenvalue weighted by molar-refractivity contribution is 7.07. The Hall–Kier alpha value is -1.87. The van der Waals surface area contributed by atoms with Crippen LogP contribution in [0, 0.1) is 0 Å². The Bertz CT molecular complexity index is 623. The van der Waals surface area contributed by atoms with E-state index >= 15 is 0 Å². The summed E-state index contributed by atoms with van der Waals surface area (Å²) in [7, 11) is 0. The first-order valence-corrected chi connectivity index (χ1v) is 7.87. The van der Waals surface area contributed by atoms with Gasteiger partial charge in [0.15, 0.2) is 0 Å². The van der Waals surface area contributed by atoms with Crippen molar-refractivity contribution in [1.29, 1.82) is 0 Å². The fraction of sp³-hybridized carbons (Fsp3) is 0.500. The van der Waals surface area contributed by atoms with Gasteiger partial charge in [0.25, 0.3) is 5.91 Å². The average molecular weight is 350 g/mol. The van der Waals surface area contributed by atoms with E-state index in [9.17, 15) is 14.8 Å². The maximum Gasteiger partial charge on any atom is 0.362 e. The van der Waals surface area contributed by atoms with Gasteiger partial charge < -0.3 is 14.8 Å². The van der Waals surface area contributed by atoms with Gasteiger partial charge in [0.1, 0.15) is 18.2 Å². The summed E-state index contributed by atoms with van der Waals surface area (Å²) in [5.41, 5.74) is -0.200. The van der Waals surface area contributed by atoms with E-state index in [1.807, 2.05) is 6.92 Å². The molecule has 1 heterocycles. The second kappa shape index (κ2) is 9.21. The number of halogens is 1. The summed E-state index contributed by atoms with van der Waals surface area (Å²) in [5.74, 6) is -1.68. The predicted octanol–water partition coefficient (Wildman–Crippen LogP) is 1.15. The molecule has 0 radical (unpaired) electrons. The van der Waals surface area contributed by atoms with E-state index in [1.54, 1.807) is 6.92 Å². The summed E-state index contributed by atoms with van der Waals surface area (Å²) in [5, 5.41) is 15.1. The van der Waals surface area contributed by atoms with E-state index in [4.69, 9.17) is 21.2 Å². The fourth-order valence-electron chi connectivity index (χ4n) is 1.27. The highest BCUT2D eigenvalue weighted by atomic mass is 35.5. The Morgan fingerprint density at radius 2 is 2.18 bits per heavy atom. The first-order chi connectivity index (χ1) is 10.5. The smallest absolute Gasteiger partial charge is 0.362 e. The van der Waals surface area contributed by atoms with Crippen LogP contribution in [0.15, 0.2) is 15.5 Å². The number of oxime groups is 1. The number of alkyl halides is 1. The van der Waals surface area contributed by atoms with Crippen LogP contribution in [0.5, 0.6) is 0 Å². The number of amides is 1. The molecule has 10 heteroatoms. The molecule has 0 saturated carbocycles. The van der Waals surface area contributed by atoms with Crippen LogP contribution in [0.4, 0.5) is 0 Å². The topological polar surface area (TPSA) is 102 Å². The molecule has 0 spiro atoms. The summed E-state index contributed by atoms with van der Waals surface area (Å²) in [4.78, 5) is 31.6. The van der Waals surface area contributed by atoms with Crippen LogP contribution in [0.3, 0.4) is 0 Å². The lowest BCUT2D eigenvalue weighted by molar-refractivity contribution is -0.135. The number of nitrogens with zero attached hydrogens (tertiary/aromatic N) is 3. The van der Waals surface area contributed by atoms with Crippen LogP contribution >= 0.6 is 22.9 Å². The fourth-order valence-corrected chi connectivity index (χ4v) is 2.11. The average Bonchev–Trinajstić information content (AvgIpc) is 2.85. The second-order valence-electron chi connectivity index (χ2n) is 3.85. The molecule has 0 aliphatic heterocycles. The van der Waals surface area contributed by atoms with Crippen molar-refractivity contribution in [2.45, 2.75) is 20.3 Å². The molecule has 122 valence electrons. The molecule has 22 heavy (non-hydrogen) atoms. The van der Waals surface area contributed by atoms with Crippen molar-refractivity contribution >= 4 is 40.5 Å². The first kappa shape index (κ1) is 18.2. The standard InChI is InChI=1S/C12H16ClN3O5S/c1-3-5-21-15-10(11(18)20-4-2)8-7-22-12(16(8)19)14-9(17)6-13/h7,19H,3-6H2,1-2H3/b14-12?,15-10-. The minimum atomic E-state index is -0.755. The van der Waals surface area contributed by atoms with E-state index in [1.165, 1.54) is 5.38 Å². The minimum absolute atomic E-state index is 0.0145. The predicted molar refractivity (Wildman–Crippen MR) is 80.2 cm³/mol. The molecule has 0 aliphatic rings. The third-order valence-electron chi connectivity index (χ3n) is 2.18. The highest BCUT2D eigenvalue weighted by Crippen LogP contribution is 2.05. The van der Waals surface area contributed by atoms with Crippen LogP contribution in [-0.2, 0) is 19.2 Å². The van der Waals surface area contributed by atoms with Gasteiger partial charge in [-0.15, -0.1) is 22.9 Å². The van der Waals surface area contributed by atoms with Crippen molar-refractivity contribution < 1.29 is 24.4 Å². The normalized spacial score (nSPS) is 12.3. The molecule has 1 aromatic heterocycles. The molecule has 0 unspecified atom stereocenters. The molecule has 1 rings (SSSR count). The van der Waals surface area contributed by atoms with Crippen LogP contribution in [-0.4, -0.2) is 46.6 Å². The summed E-state index contributed by atoms with van der Waals surface area (Å²) >= 11 is 6.30. The molecule has 1 aromatic rings. The van der Waals surface area contributed by atoms with Crippen molar-refractivity contribution in [3.05, 3.63) is 15.9 Å². The van der Waals surface area contributed by atoms with E-state index in [0.29, 0.717) is 17.8 Å². The number of aromatic nitrogens is 1. The molecule has 0 saturated heterocycles. The van der Waals surface area contributed by atoms with E-state index in [-0.39, 0.29) is 28.7 Å². The second-order valence-corrected chi connectivity index (χ2v) is 4.95. The number of thiazole rings is 1. The third-order valence-corrected chi connectivity index (χ3v) is 3.23. The van der Waals surface area contributed by atoms with Gasteiger partial charge in [-0.3, -0.25) is 4.79 Å². The number of ether oxygens (including phenoxy) is 1. The van der Waals surface area contributed by atoms with Crippen molar-refractivity contribution in [3.63, 3.8) is 0 Å². The Morgan fingerprint density at radius 3 is 2.77 bits per heavy atom. The maximum absolute atomic E-state index is 11.9. The number of hydrogen-bond acceptors (Lipinski definition) is 7. The third kappa shape index (κ3) is 4.85. The van der Waals surface area contributed by atoms with Gasteiger partial charge in [-0.05, 0) is 13.3 Å². The zero-order valence-electron chi connectivity index (χ0n) is 12.1. The van der Waals surface area contributed by atoms with Crippen molar-refractivity contribution in [3.8, 4) is 0 Å². The SMILES string of the molecule is CCCO/N=C(\C(=O)OCC)c1csc(=NC(=O)CCl)n1O.